The molecule has 2 aromatic rings. The average Bonchev–Trinajstić information content (AvgIpc) is 2.61. The fraction of sp³-hybridized carbons (Fsp3) is 0.118. The van der Waals surface area contributed by atoms with Gasteiger partial charge in [-0.05, 0) is 67.7 Å². The van der Waals surface area contributed by atoms with Crippen molar-refractivity contribution in [1.82, 2.24) is 16.2 Å². The molecular formula is C17H17FN4O2S. The third kappa shape index (κ3) is 5.54. The summed E-state index contributed by atoms with van der Waals surface area (Å²) in [5, 5.41) is 5.83. The van der Waals surface area contributed by atoms with Crippen LogP contribution in [-0.4, -0.2) is 23.5 Å². The molecule has 0 spiro atoms. The fourth-order valence-electron chi connectivity index (χ4n) is 1.90. The lowest BCUT2D eigenvalue weighted by Crippen LogP contribution is -2.46. The third-order valence-corrected chi connectivity index (χ3v) is 3.38. The molecular weight excluding hydrogens is 343 g/mol. The third-order valence-electron chi connectivity index (χ3n) is 3.14. The van der Waals surface area contributed by atoms with Crippen LogP contribution in [0.15, 0.2) is 48.5 Å². The highest BCUT2D eigenvalue weighted by Crippen LogP contribution is 2.12. The second kappa shape index (κ2) is 8.74. The lowest BCUT2D eigenvalue weighted by Gasteiger charge is -2.10. The van der Waals surface area contributed by atoms with E-state index in [0.29, 0.717) is 28.5 Å². The van der Waals surface area contributed by atoms with E-state index in [9.17, 15) is 14.0 Å². The van der Waals surface area contributed by atoms with Crippen molar-refractivity contribution in [3.8, 4) is 0 Å². The summed E-state index contributed by atoms with van der Waals surface area (Å²) < 4.78 is 12.9. The molecule has 0 radical (unpaired) electrons. The van der Waals surface area contributed by atoms with Crippen LogP contribution < -0.4 is 21.5 Å². The highest BCUT2D eigenvalue weighted by Gasteiger charge is 2.08. The van der Waals surface area contributed by atoms with Gasteiger partial charge in [0.2, 0.25) is 0 Å². The fourth-order valence-corrected chi connectivity index (χ4v) is 2.10. The molecule has 4 N–H and O–H groups in total. The van der Waals surface area contributed by atoms with E-state index in [4.69, 9.17) is 12.2 Å². The van der Waals surface area contributed by atoms with Crippen LogP contribution in [0.2, 0.25) is 0 Å². The predicted octanol–water partition coefficient (Wildman–Crippen LogP) is 2.21. The Bertz CT molecular complexity index is 763. The van der Waals surface area contributed by atoms with Crippen LogP contribution in [0.5, 0.6) is 0 Å². The molecule has 6 nitrogen and oxygen atoms in total. The van der Waals surface area contributed by atoms with Crippen molar-refractivity contribution >= 4 is 34.8 Å². The molecule has 0 bridgehead atoms. The van der Waals surface area contributed by atoms with Crippen LogP contribution in [-0.2, 0) is 0 Å². The summed E-state index contributed by atoms with van der Waals surface area (Å²) in [5.41, 5.74) is 6.28. The van der Waals surface area contributed by atoms with E-state index in [1.54, 1.807) is 24.3 Å². The van der Waals surface area contributed by atoms with Crippen LogP contribution >= 0.6 is 12.2 Å². The van der Waals surface area contributed by atoms with Crippen LogP contribution in [0, 0.1) is 5.82 Å². The van der Waals surface area contributed by atoms with Crippen LogP contribution in [0.1, 0.15) is 27.6 Å². The number of hydrogen-bond donors (Lipinski definition) is 4. The molecule has 0 unspecified atom stereocenters. The maximum atomic E-state index is 12.9. The van der Waals surface area contributed by atoms with E-state index in [-0.39, 0.29) is 11.8 Å². The van der Waals surface area contributed by atoms with Gasteiger partial charge in [0.05, 0.1) is 0 Å². The number of hydrogen-bond acceptors (Lipinski definition) is 3. The Morgan fingerprint density at radius 2 is 1.48 bits per heavy atom. The molecule has 0 saturated carbocycles. The molecule has 0 aromatic heterocycles. The summed E-state index contributed by atoms with van der Waals surface area (Å²) >= 11 is 4.94. The first-order chi connectivity index (χ1) is 12.0. The lowest BCUT2D eigenvalue weighted by atomic mass is 10.1. The monoisotopic (exact) mass is 360 g/mol. The molecule has 0 fully saturated rings. The Morgan fingerprint density at radius 3 is 2.08 bits per heavy atom. The molecule has 25 heavy (non-hydrogen) atoms. The molecule has 8 heteroatoms. The Hall–Kier alpha value is -3.00. The van der Waals surface area contributed by atoms with Crippen molar-refractivity contribution in [3.05, 3.63) is 65.5 Å². The molecule has 0 saturated heterocycles. The van der Waals surface area contributed by atoms with Crippen molar-refractivity contribution in [1.29, 1.82) is 0 Å². The van der Waals surface area contributed by atoms with Crippen LogP contribution in [0.25, 0.3) is 0 Å². The molecule has 2 amide bonds. The lowest BCUT2D eigenvalue weighted by molar-refractivity contribution is 0.0943. The summed E-state index contributed by atoms with van der Waals surface area (Å²) in [4.78, 5) is 24.0. The van der Waals surface area contributed by atoms with Gasteiger partial charge in [-0.2, -0.15) is 0 Å². The number of carbonyl (C=O) groups excluding carboxylic acids is 2. The van der Waals surface area contributed by atoms with Gasteiger partial charge in [-0.1, -0.05) is 0 Å². The topological polar surface area (TPSA) is 82.3 Å². The zero-order chi connectivity index (χ0) is 18.2. The van der Waals surface area contributed by atoms with E-state index < -0.39 is 5.82 Å². The Morgan fingerprint density at radius 1 is 0.920 bits per heavy atom. The average molecular weight is 360 g/mol. The van der Waals surface area contributed by atoms with E-state index in [1.807, 2.05) is 6.92 Å². The van der Waals surface area contributed by atoms with Gasteiger partial charge in [-0.15, -0.1) is 0 Å². The smallest absolute Gasteiger partial charge is 0.269 e. The highest BCUT2D eigenvalue weighted by atomic mass is 32.1. The minimum atomic E-state index is -0.408. The van der Waals surface area contributed by atoms with Crippen molar-refractivity contribution in [2.45, 2.75) is 6.92 Å². The number of hydrazine groups is 1. The van der Waals surface area contributed by atoms with Crippen molar-refractivity contribution in [3.63, 3.8) is 0 Å². The maximum Gasteiger partial charge on any atom is 0.269 e. The first-order valence-corrected chi connectivity index (χ1v) is 7.91. The maximum absolute atomic E-state index is 12.9. The summed E-state index contributed by atoms with van der Waals surface area (Å²) in [6.07, 6.45) is 0. The number of amides is 2. The van der Waals surface area contributed by atoms with Gasteiger partial charge in [0.25, 0.3) is 11.8 Å². The Labute approximate surface area is 149 Å². The molecule has 2 rings (SSSR count). The number of benzene rings is 2. The van der Waals surface area contributed by atoms with E-state index in [2.05, 4.69) is 21.5 Å². The molecule has 0 aliphatic rings. The summed E-state index contributed by atoms with van der Waals surface area (Å²) in [5.74, 6) is -1.14. The van der Waals surface area contributed by atoms with Gasteiger partial charge in [-0.3, -0.25) is 20.4 Å². The van der Waals surface area contributed by atoms with E-state index >= 15 is 0 Å². The van der Waals surface area contributed by atoms with E-state index in [0.717, 1.165) is 0 Å². The quantitative estimate of drug-likeness (QED) is 0.496. The minimum absolute atomic E-state index is 0.319. The van der Waals surface area contributed by atoms with E-state index in [1.165, 1.54) is 24.3 Å². The van der Waals surface area contributed by atoms with Gasteiger partial charge in [0, 0.05) is 23.4 Å². The van der Waals surface area contributed by atoms with Gasteiger partial charge in [0.1, 0.15) is 5.82 Å². The summed E-state index contributed by atoms with van der Waals surface area (Å²) in [7, 11) is 0. The standard InChI is InChI=1S/C17H17FN4O2S/c1-2-19-17(25)22-21-16(24)12-5-9-14(10-6-12)20-15(23)11-3-7-13(18)8-4-11/h3-10H,2H2,1H3,(H,20,23)(H,21,24)(H2,19,22,25). The normalized spacial score (nSPS) is 9.84. The number of carbonyl (C=O) groups is 2. The second-order valence-electron chi connectivity index (χ2n) is 4.98. The molecule has 2 aromatic carbocycles. The molecule has 130 valence electrons. The van der Waals surface area contributed by atoms with Crippen molar-refractivity contribution in [2.75, 3.05) is 11.9 Å². The number of rotatable bonds is 4. The molecule has 0 atom stereocenters. The number of nitrogens with one attached hydrogen (secondary N) is 4. The van der Waals surface area contributed by atoms with Crippen LogP contribution in [0.3, 0.4) is 0 Å². The molecule has 0 heterocycles. The zero-order valence-corrected chi connectivity index (χ0v) is 14.2. The van der Waals surface area contributed by atoms with Gasteiger partial charge < -0.3 is 10.6 Å². The number of thiocarbonyl (C=S) groups is 1. The van der Waals surface area contributed by atoms with Gasteiger partial charge in [-0.25, -0.2) is 4.39 Å². The second-order valence-corrected chi connectivity index (χ2v) is 5.39. The minimum Gasteiger partial charge on any atom is -0.362 e. The van der Waals surface area contributed by atoms with Crippen molar-refractivity contribution < 1.29 is 14.0 Å². The summed E-state index contributed by atoms with van der Waals surface area (Å²) in [6, 6.07) is 11.5. The predicted molar refractivity (Wildman–Crippen MR) is 97.7 cm³/mol. The first kappa shape index (κ1) is 18.3. The SMILES string of the molecule is CCNC(=S)NNC(=O)c1ccc(NC(=O)c2ccc(F)cc2)cc1. The summed E-state index contributed by atoms with van der Waals surface area (Å²) in [6.45, 7) is 2.53. The van der Waals surface area contributed by atoms with Crippen LogP contribution in [0.4, 0.5) is 10.1 Å². The number of anilines is 1. The highest BCUT2D eigenvalue weighted by molar-refractivity contribution is 7.80. The number of halogens is 1. The Balaban J connectivity index is 1.92. The largest absolute Gasteiger partial charge is 0.362 e. The molecule has 0 aliphatic heterocycles. The Kier molecular flexibility index (Phi) is 6.41. The van der Waals surface area contributed by atoms with Crippen molar-refractivity contribution in [2.24, 2.45) is 0 Å². The molecule has 0 aliphatic carbocycles. The van der Waals surface area contributed by atoms with Gasteiger partial charge in [0.15, 0.2) is 5.11 Å². The zero-order valence-electron chi connectivity index (χ0n) is 13.4. The van der Waals surface area contributed by atoms with Gasteiger partial charge >= 0.3 is 0 Å². The first-order valence-electron chi connectivity index (χ1n) is 7.50.